The fourth-order valence-electron chi connectivity index (χ4n) is 1.71. The van der Waals surface area contributed by atoms with Crippen molar-refractivity contribution in [2.24, 2.45) is 0 Å². The molecule has 0 bridgehead atoms. The van der Waals surface area contributed by atoms with Crippen molar-refractivity contribution in [2.75, 3.05) is 13.2 Å². The summed E-state index contributed by atoms with van der Waals surface area (Å²) in [5.74, 6) is 2.31. The first-order valence-electron chi connectivity index (χ1n) is 4.63. The van der Waals surface area contributed by atoms with Crippen LogP contribution < -0.4 is 0 Å². The molecule has 13 heavy (non-hydrogen) atoms. The molecule has 1 rings (SSSR count). The van der Waals surface area contributed by atoms with Gasteiger partial charge in [-0.2, -0.15) is 0 Å². The van der Waals surface area contributed by atoms with Gasteiger partial charge in [0.05, 0.1) is 19.1 Å². The number of carbonyl (C=O) groups is 1. The molecule has 1 heterocycles. The van der Waals surface area contributed by atoms with Crippen LogP contribution in [-0.4, -0.2) is 35.1 Å². The SMILES string of the molecule is C#CCC(=O)N1CCCCC1CO. The Hall–Kier alpha value is -1.01. The molecule has 3 nitrogen and oxygen atoms in total. The maximum absolute atomic E-state index is 11.4. The number of likely N-dealkylation sites (tertiary alicyclic amines) is 1. The van der Waals surface area contributed by atoms with E-state index in [1.54, 1.807) is 4.90 Å². The summed E-state index contributed by atoms with van der Waals surface area (Å²) >= 11 is 0. The molecule has 0 aromatic rings. The van der Waals surface area contributed by atoms with Gasteiger partial charge >= 0.3 is 0 Å². The fourth-order valence-corrected chi connectivity index (χ4v) is 1.71. The molecule has 72 valence electrons. The third-order valence-electron chi connectivity index (χ3n) is 2.41. The van der Waals surface area contributed by atoms with Crippen molar-refractivity contribution in [3.8, 4) is 12.3 Å². The highest BCUT2D eigenvalue weighted by atomic mass is 16.3. The molecule has 1 fully saturated rings. The van der Waals surface area contributed by atoms with Crippen LogP contribution in [0.5, 0.6) is 0 Å². The van der Waals surface area contributed by atoms with E-state index in [-0.39, 0.29) is 25.0 Å². The summed E-state index contributed by atoms with van der Waals surface area (Å²) in [7, 11) is 0. The lowest BCUT2D eigenvalue weighted by atomic mass is 10.0. The Morgan fingerprint density at radius 2 is 2.38 bits per heavy atom. The number of aliphatic hydroxyl groups is 1. The van der Waals surface area contributed by atoms with Gasteiger partial charge < -0.3 is 10.0 Å². The molecule has 1 atom stereocenters. The number of nitrogens with zero attached hydrogens (tertiary/aromatic N) is 1. The smallest absolute Gasteiger partial charge is 0.234 e. The maximum Gasteiger partial charge on any atom is 0.234 e. The summed E-state index contributed by atoms with van der Waals surface area (Å²) in [6.45, 7) is 0.794. The van der Waals surface area contributed by atoms with E-state index < -0.39 is 0 Å². The third-order valence-corrected chi connectivity index (χ3v) is 2.41. The van der Waals surface area contributed by atoms with Crippen molar-refractivity contribution in [3.05, 3.63) is 0 Å². The van der Waals surface area contributed by atoms with E-state index in [9.17, 15) is 4.79 Å². The number of carbonyl (C=O) groups excluding carboxylic acids is 1. The van der Waals surface area contributed by atoms with Crippen LogP contribution in [0.25, 0.3) is 0 Å². The highest BCUT2D eigenvalue weighted by Crippen LogP contribution is 2.17. The lowest BCUT2D eigenvalue weighted by Gasteiger charge is -2.34. The van der Waals surface area contributed by atoms with E-state index in [1.807, 2.05) is 0 Å². The maximum atomic E-state index is 11.4. The molecule has 0 saturated carbocycles. The number of piperidine rings is 1. The molecule has 1 aliphatic heterocycles. The summed E-state index contributed by atoms with van der Waals surface area (Å²) in [4.78, 5) is 13.2. The molecule has 0 aromatic carbocycles. The van der Waals surface area contributed by atoms with E-state index in [4.69, 9.17) is 11.5 Å². The normalized spacial score (nSPS) is 22.5. The predicted molar refractivity (Wildman–Crippen MR) is 49.9 cm³/mol. The van der Waals surface area contributed by atoms with Crippen LogP contribution in [-0.2, 0) is 4.79 Å². The molecular formula is C10H15NO2. The van der Waals surface area contributed by atoms with Crippen molar-refractivity contribution < 1.29 is 9.90 Å². The largest absolute Gasteiger partial charge is 0.394 e. The highest BCUT2D eigenvalue weighted by Gasteiger charge is 2.24. The third kappa shape index (κ3) is 2.46. The van der Waals surface area contributed by atoms with Gasteiger partial charge in [-0.25, -0.2) is 0 Å². The Kier molecular flexibility index (Phi) is 3.78. The van der Waals surface area contributed by atoms with Crippen LogP contribution in [0.15, 0.2) is 0 Å². The summed E-state index contributed by atoms with van der Waals surface area (Å²) < 4.78 is 0. The average molecular weight is 181 g/mol. The second kappa shape index (κ2) is 4.88. The van der Waals surface area contributed by atoms with Gasteiger partial charge in [0.2, 0.25) is 5.91 Å². The molecule has 1 aliphatic rings. The molecular weight excluding hydrogens is 166 g/mol. The lowest BCUT2D eigenvalue weighted by Crippen LogP contribution is -2.45. The number of terminal acetylenes is 1. The Balaban J connectivity index is 2.54. The quantitative estimate of drug-likeness (QED) is 0.626. The number of amides is 1. The van der Waals surface area contributed by atoms with Gasteiger partial charge in [-0.05, 0) is 19.3 Å². The molecule has 0 radical (unpaired) electrons. The van der Waals surface area contributed by atoms with Gasteiger partial charge in [-0.15, -0.1) is 6.42 Å². The van der Waals surface area contributed by atoms with E-state index in [0.717, 1.165) is 25.8 Å². The Morgan fingerprint density at radius 3 is 3.00 bits per heavy atom. The van der Waals surface area contributed by atoms with Crippen LogP contribution in [0, 0.1) is 12.3 Å². The molecule has 0 aromatic heterocycles. The van der Waals surface area contributed by atoms with E-state index in [1.165, 1.54) is 0 Å². The first-order valence-corrected chi connectivity index (χ1v) is 4.63. The van der Waals surface area contributed by atoms with Crippen molar-refractivity contribution >= 4 is 5.91 Å². The summed E-state index contributed by atoms with van der Waals surface area (Å²) in [6.07, 6.45) is 8.22. The Morgan fingerprint density at radius 1 is 1.62 bits per heavy atom. The minimum Gasteiger partial charge on any atom is -0.394 e. The van der Waals surface area contributed by atoms with Crippen molar-refractivity contribution in [1.82, 2.24) is 4.90 Å². The summed E-state index contributed by atoms with van der Waals surface area (Å²) in [6, 6.07) is -0.00500. The Labute approximate surface area is 78.7 Å². The number of hydrogen-bond donors (Lipinski definition) is 1. The molecule has 1 N–H and O–H groups in total. The van der Waals surface area contributed by atoms with Crippen LogP contribution in [0.2, 0.25) is 0 Å². The second-order valence-corrected chi connectivity index (χ2v) is 3.30. The van der Waals surface area contributed by atoms with Crippen molar-refractivity contribution in [3.63, 3.8) is 0 Å². The van der Waals surface area contributed by atoms with Gasteiger partial charge in [-0.3, -0.25) is 4.79 Å². The first kappa shape index (κ1) is 10.1. The van der Waals surface area contributed by atoms with Gasteiger partial charge in [0.1, 0.15) is 0 Å². The standard InChI is InChI=1S/C10H15NO2/c1-2-5-10(13)11-7-4-3-6-9(11)8-12/h1,9,12H,3-8H2. The zero-order valence-electron chi connectivity index (χ0n) is 7.70. The van der Waals surface area contributed by atoms with Crippen molar-refractivity contribution in [2.45, 2.75) is 31.7 Å². The Bertz CT molecular complexity index is 219. The zero-order valence-corrected chi connectivity index (χ0v) is 7.70. The predicted octanol–water partition coefficient (Wildman–Crippen LogP) is 0.383. The van der Waals surface area contributed by atoms with Crippen LogP contribution in [0.1, 0.15) is 25.7 Å². The molecule has 0 aliphatic carbocycles. The van der Waals surface area contributed by atoms with Gasteiger partial charge in [0, 0.05) is 6.54 Å². The van der Waals surface area contributed by atoms with E-state index in [2.05, 4.69) is 5.92 Å². The topological polar surface area (TPSA) is 40.5 Å². The first-order chi connectivity index (χ1) is 6.29. The average Bonchev–Trinajstić information content (AvgIpc) is 2.18. The summed E-state index contributed by atoms with van der Waals surface area (Å²) in [5.41, 5.74) is 0. The lowest BCUT2D eigenvalue weighted by molar-refractivity contribution is -0.134. The van der Waals surface area contributed by atoms with Crippen LogP contribution >= 0.6 is 0 Å². The van der Waals surface area contributed by atoms with Crippen LogP contribution in [0.3, 0.4) is 0 Å². The van der Waals surface area contributed by atoms with Gasteiger partial charge in [0.25, 0.3) is 0 Å². The second-order valence-electron chi connectivity index (χ2n) is 3.30. The molecule has 1 amide bonds. The fraction of sp³-hybridized carbons (Fsp3) is 0.700. The number of rotatable bonds is 2. The minimum absolute atomic E-state index is 0.00500. The zero-order chi connectivity index (χ0) is 9.68. The summed E-state index contributed by atoms with van der Waals surface area (Å²) in [5, 5.41) is 9.03. The molecule has 1 unspecified atom stereocenters. The number of hydrogen-bond acceptors (Lipinski definition) is 2. The van der Waals surface area contributed by atoms with E-state index in [0.29, 0.717) is 0 Å². The number of aliphatic hydroxyl groups excluding tert-OH is 1. The van der Waals surface area contributed by atoms with Crippen LogP contribution in [0.4, 0.5) is 0 Å². The van der Waals surface area contributed by atoms with E-state index >= 15 is 0 Å². The minimum atomic E-state index is -0.0266. The van der Waals surface area contributed by atoms with Gasteiger partial charge in [0.15, 0.2) is 0 Å². The van der Waals surface area contributed by atoms with Gasteiger partial charge in [-0.1, -0.05) is 5.92 Å². The highest BCUT2D eigenvalue weighted by molar-refractivity contribution is 5.79. The monoisotopic (exact) mass is 181 g/mol. The van der Waals surface area contributed by atoms with Crippen molar-refractivity contribution in [1.29, 1.82) is 0 Å². The molecule has 0 spiro atoms. The molecule has 1 saturated heterocycles. The molecule has 3 heteroatoms.